The van der Waals surface area contributed by atoms with Crippen molar-refractivity contribution in [3.05, 3.63) is 70.3 Å². The van der Waals surface area contributed by atoms with Gasteiger partial charge in [0.25, 0.3) is 0 Å². The van der Waals surface area contributed by atoms with Crippen LogP contribution in [0.4, 0.5) is 0 Å². The summed E-state index contributed by atoms with van der Waals surface area (Å²) in [5.74, 6) is 0. The maximum absolute atomic E-state index is 6.48. The zero-order valence-corrected chi connectivity index (χ0v) is 12.8. The molecule has 1 atom stereocenters. The van der Waals surface area contributed by atoms with Gasteiger partial charge in [-0.2, -0.15) is 0 Å². The first kappa shape index (κ1) is 14.8. The van der Waals surface area contributed by atoms with E-state index in [4.69, 9.17) is 5.73 Å². The van der Waals surface area contributed by atoms with E-state index in [9.17, 15) is 0 Å². The van der Waals surface area contributed by atoms with Crippen molar-refractivity contribution >= 4 is 0 Å². The van der Waals surface area contributed by atoms with Gasteiger partial charge < -0.3 is 5.73 Å². The Kier molecular flexibility index (Phi) is 4.97. The lowest BCUT2D eigenvalue weighted by atomic mass is 9.92. The molecule has 0 fully saturated rings. The molecule has 0 amide bonds. The molecular formula is C19H25N. The van der Waals surface area contributed by atoms with Gasteiger partial charge in [0.05, 0.1) is 0 Å². The van der Waals surface area contributed by atoms with Crippen molar-refractivity contribution in [2.24, 2.45) is 5.73 Å². The van der Waals surface area contributed by atoms with Gasteiger partial charge in [0.15, 0.2) is 0 Å². The Morgan fingerprint density at radius 1 is 0.950 bits per heavy atom. The third-order valence-electron chi connectivity index (χ3n) is 3.94. The molecular weight excluding hydrogens is 242 g/mol. The molecule has 2 aromatic rings. The molecule has 0 saturated heterocycles. The van der Waals surface area contributed by atoms with Crippen molar-refractivity contribution in [1.82, 2.24) is 0 Å². The van der Waals surface area contributed by atoms with Gasteiger partial charge in [-0.15, -0.1) is 0 Å². The summed E-state index contributed by atoms with van der Waals surface area (Å²) in [6.07, 6.45) is 3.01. The van der Waals surface area contributed by atoms with Gasteiger partial charge in [0.2, 0.25) is 0 Å². The second-order valence-electron chi connectivity index (χ2n) is 5.54. The van der Waals surface area contributed by atoms with Crippen LogP contribution in [0.3, 0.4) is 0 Å². The molecule has 0 aliphatic heterocycles. The summed E-state index contributed by atoms with van der Waals surface area (Å²) in [4.78, 5) is 0. The first-order valence-electron chi connectivity index (χ1n) is 7.56. The highest BCUT2D eigenvalue weighted by Crippen LogP contribution is 2.23. The number of hydrogen-bond donors (Lipinski definition) is 1. The van der Waals surface area contributed by atoms with Crippen LogP contribution in [0.1, 0.15) is 47.7 Å². The molecule has 1 heteroatoms. The van der Waals surface area contributed by atoms with Crippen LogP contribution in [0, 0.1) is 6.92 Å². The second kappa shape index (κ2) is 6.71. The van der Waals surface area contributed by atoms with Gasteiger partial charge >= 0.3 is 0 Å². The van der Waals surface area contributed by atoms with E-state index in [1.165, 1.54) is 27.8 Å². The molecule has 2 N–H and O–H groups in total. The van der Waals surface area contributed by atoms with E-state index in [0.717, 1.165) is 19.3 Å². The van der Waals surface area contributed by atoms with Crippen LogP contribution < -0.4 is 5.73 Å². The molecule has 0 heterocycles. The molecule has 1 nitrogen and oxygen atoms in total. The summed E-state index contributed by atoms with van der Waals surface area (Å²) >= 11 is 0. The fraction of sp³-hybridized carbons (Fsp3) is 0.368. The molecule has 2 aromatic carbocycles. The van der Waals surface area contributed by atoms with Gasteiger partial charge in [0, 0.05) is 6.04 Å². The van der Waals surface area contributed by atoms with Crippen LogP contribution in [0.25, 0.3) is 0 Å². The molecule has 20 heavy (non-hydrogen) atoms. The number of hydrogen-bond acceptors (Lipinski definition) is 1. The zero-order chi connectivity index (χ0) is 14.5. The van der Waals surface area contributed by atoms with Crippen LogP contribution in [0.5, 0.6) is 0 Å². The van der Waals surface area contributed by atoms with Crippen LogP contribution in [-0.4, -0.2) is 0 Å². The average molecular weight is 267 g/mol. The van der Waals surface area contributed by atoms with E-state index >= 15 is 0 Å². The Hall–Kier alpha value is -1.60. The molecule has 0 saturated carbocycles. The zero-order valence-electron chi connectivity index (χ0n) is 12.8. The van der Waals surface area contributed by atoms with Crippen molar-refractivity contribution in [2.45, 2.75) is 46.1 Å². The highest BCUT2D eigenvalue weighted by atomic mass is 14.6. The van der Waals surface area contributed by atoms with Crippen LogP contribution in [-0.2, 0) is 19.3 Å². The summed E-state index contributed by atoms with van der Waals surface area (Å²) in [5.41, 5.74) is 13.2. The summed E-state index contributed by atoms with van der Waals surface area (Å²) in [7, 11) is 0. The summed E-state index contributed by atoms with van der Waals surface area (Å²) < 4.78 is 0. The van der Waals surface area contributed by atoms with Crippen molar-refractivity contribution in [2.75, 3.05) is 0 Å². The molecule has 0 bridgehead atoms. The first-order valence-corrected chi connectivity index (χ1v) is 7.56. The Bertz CT molecular complexity index is 572. The van der Waals surface area contributed by atoms with Crippen molar-refractivity contribution in [1.29, 1.82) is 0 Å². The summed E-state index contributed by atoms with van der Waals surface area (Å²) in [6.45, 7) is 6.52. The van der Waals surface area contributed by atoms with Crippen molar-refractivity contribution < 1.29 is 0 Å². The molecule has 0 aliphatic carbocycles. The Balaban J connectivity index is 2.25. The number of nitrogens with two attached hydrogens (primary N) is 1. The average Bonchev–Trinajstić information content (AvgIpc) is 2.46. The lowest BCUT2D eigenvalue weighted by Gasteiger charge is -2.17. The predicted octanol–water partition coefficient (Wildman–Crippen LogP) is 4.36. The van der Waals surface area contributed by atoms with Gasteiger partial charge in [-0.3, -0.25) is 0 Å². The normalized spacial score (nSPS) is 12.4. The number of benzene rings is 2. The van der Waals surface area contributed by atoms with Gasteiger partial charge in [-0.1, -0.05) is 61.9 Å². The fourth-order valence-corrected chi connectivity index (χ4v) is 2.73. The third kappa shape index (κ3) is 3.49. The van der Waals surface area contributed by atoms with Crippen LogP contribution in [0.15, 0.2) is 42.5 Å². The van der Waals surface area contributed by atoms with E-state index in [0.29, 0.717) is 0 Å². The number of rotatable bonds is 5. The standard InChI is InChI=1S/C19H25N/c1-4-15-9-10-17(5-2)18(12-15)19(20)13-16-8-6-7-14(3)11-16/h6-12,19H,4-5,13,20H2,1-3H3. The highest BCUT2D eigenvalue weighted by Gasteiger charge is 2.12. The lowest BCUT2D eigenvalue weighted by Crippen LogP contribution is -2.16. The molecule has 0 spiro atoms. The predicted molar refractivity (Wildman–Crippen MR) is 87.0 cm³/mol. The largest absolute Gasteiger partial charge is 0.324 e. The van der Waals surface area contributed by atoms with E-state index in [1.54, 1.807) is 0 Å². The van der Waals surface area contributed by atoms with E-state index < -0.39 is 0 Å². The van der Waals surface area contributed by atoms with E-state index in [-0.39, 0.29) is 6.04 Å². The topological polar surface area (TPSA) is 26.0 Å². The fourth-order valence-electron chi connectivity index (χ4n) is 2.73. The van der Waals surface area contributed by atoms with Crippen LogP contribution >= 0.6 is 0 Å². The quantitative estimate of drug-likeness (QED) is 0.855. The Morgan fingerprint density at radius 3 is 2.40 bits per heavy atom. The third-order valence-corrected chi connectivity index (χ3v) is 3.94. The summed E-state index contributed by atoms with van der Waals surface area (Å²) in [6, 6.07) is 15.5. The molecule has 2 rings (SSSR count). The Labute approximate surface area is 122 Å². The second-order valence-corrected chi connectivity index (χ2v) is 5.54. The Morgan fingerprint density at radius 2 is 1.75 bits per heavy atom. The molecule has 0 aliphatic rings. The van der Waals surface area contributed by atoms with E-state index in [1.807, 2.05) is 0 Å². The minimum Gasteiger partial charge on any atom is -0.324 e. The van der Waals surface area contributed by atoms with Crippen LogP contribution in [0.2, 0.25) is 0 Å². The van der Waals surface area contributed by atoms with Gasteiger partial charge in [-0.05, 0) is 48.4 Å². The SMILES string of the molecule is CCc1ccc(CC)c(C(N)Cc2cccc(C)c2)c1. The van der Waals surface area contributed by atoms with Crippen molar-refractivity contribution in [3.63, 3.8) is 0 Å². The summed E-state index contributed by atoms with van der Waals surface area (Å²) in [5, 5.41) is 0. The number of aryl methyl sites for hydroxylation is 3. The maximum Gasteiger partial charge on any atom is 0.0338 e. The molecule has 0 aromatic heterocycles. The van der Waals surface area contributed by atoms with Crippen molar-refractivity contribution in [3.8, 4) is 0 Å². The lowest BCUT2D eigenvalue weighted by molar-refractivity contribution is 0.710. The van der Waals surface area contributed by atoms with Gasteiger partial charge in [-0.25, -0.2) is 0 Å². The first-order chi connectivity index (χ1) is 9.63. The van der Waals surface area contributed by atoms with Gasteiger partial charge in [0.1, 0.15) is 0 Å². The maximum atomic E-state index is 6.48. The monoisotopic (exact) mass is 267 g/mol. The minimum atomic E-state index is 0.0817. The molecule has 0 radical (unpaired) electrons. The smallest absolute Gasteiger partial charge is 0.0338 e. The highest BCUT2D eigenvalue weighted by molar-refractivity contribution is 5.36. The molecule has 106 valence electrons. The molecule has 1 unspecified atom stereocenters. The minimum absolute atomic E-state index is 0.0817. The van der Waals surface area contributed by atoms with E-state index in [2.05, 4.69) is 63.2 Å².